The molecule has 1 atom stereocenters. The number of aliphatic carboxylic acids is 5. The first kappa shape index (κ1) is 37.6. The number of imide groups is 1. The minimum absolute atomic E-state index is 0.0626. The van der Waals surface area contributed by atoms with Gasteiger partial charge in [0.2, 0.25) is 5.91 Å². The average Bonchev–Trinajstić information content (AvgIpc) is 3.21. The second-order valence-electron chi connectivity index (χ2n) is 10.00. The molecule has 0 aromatic carbocycles. The number of carbonyl (C=O) groups is 8. The van der Waals surface area contributed by atoms with Gasteiger partial charge >= 0.3 is 29.8 Å². The lowest BCUT2D eigenvalue weighted by molar-refractivity contribution is -0.146. The molecule has 0 spiro atoms. The first-order chi connectivity index (χ1) is 20.7. The third kappa shape index (κ3) is 15.7. The molecule has 18 heteroatoms. The van der Waals surface area contributed by atoms with Gasteiger partial charge in [-0.3, -0.25) is 58.0 Å². The molecular formula is C26H39N5O13. The molecule has 0 aromatic rings. The van der Waals surface area contributed by atoms with Gasteiger partial charge in [0.25, 0.3) is 11.8 Å². The predicted octanol–water partition coefficient (Wildman–Crippen LogP) is -2.32. The van der Waals surface area contributed by atoms with Crippen LogP contribution in [-0.4, -0.2) is 164 Å². The summed E-state index contributed by atoms with van der Waals surface area (Å²) in [5.74, 6) is -7.62. The van der Waals surface area contributed by atoms with Crippen LogP contribution in [0.25, 0.3) is 0 Å². The van der Waals surface area contributed by atoms with Crippen LogP contribution in [0.15, 0.2) is 12.2 Å². The van der Waals surface area contributed by atoms with Crippen LogP contribution >= 0.6 is 0 Å². The maximum atomic E-state index is 12.2. The zero-order valence-corrected chi connectivity index (χ0v) is 24.1. The van der Waals surface area contributed by atoms with Gasteiger partial charge in [0, 0.05) is 57.8 Å². The van der Waals surface area contributed by atoms with E-state index in [0.717, 1.165) is 26.9 Å². The molecule has 1 rings (SSSR count). The topological polar surface area (TPSA) is 263 Å². The van der Waals surface area contributed by atoms with E-state index in [1.54, 1.807) is 0 Å². The van der Waals surface area contributed by atoms with Gasteiger partial charge < -0.3 is 30.8 Å². The minimum Gasteiger partial charge on any atom is -0.480 e. The summed E-state index contributed by atoms with van der Waals surface area (Å²) in [6.07, 6.45) is 3.39. The summed E-state index contributed by atoms with van der Waals surface area (Å²) in [4.78, 5) is 96.7. The molecule has 0 bridgehead atoms. The second kappa shape index (κ2) is 19.7. The minimum atomic E-state index is -1.29. The number of nitrogens with one attached hydrogen (secondary N) is 1. The molecule has 44 heavy (non-hydrogen) atoms. The number of carboxylic acid groups (broad SMARTS) is 5. The molecule has 0 saturated heterocycles. The van der Waals surface area contributed by atoms with Crippen LogP contribution < -0.4 is 5.32 Å². The van der Waals surface area contributed by atoms with E-state index in [-0.39, 0.29) is 64.4 Å². The Hall–Kier alpha value is -4.42. The Morgan fingerprint density at radius 2 is 1.14 bits per heavy atom. The van der Waals surface area contributed by atoms with E-state index in [4.69, 9.17) is 20.4 Å². The van der Waals surface area contributed by atoms with Gasteiger partial charge in [-0.1, -0.05) is 0 Å². The molecule has 1 aliphatic rings. The standard InChI is InChI=1S/C26H39N5O13/c32-19(5-3-9-31-20(33)6-7-21(31)34)27-8-2-1-4-18(26(43)44)30(12-10-28(14-22(35)36)15-23(37)38)13-11-29(16-24(39)40)17-25(41)42/h6-7,18H,1-5,8-17H2,(H,27,32)(H,35,36)(H,37,38)(H,39,40)(H,41,42)(H,43,44)/t18-/m0/s1. The summed E-state index contributed by atoms with van der Waals surface area (Å²) in [6.45, 7) is -2.70. The van der Waals surface area contributed by atoms with Crippen molar-refractivity contribution in [3.8, 4) is 0 Å². The lowest BCUT2D eigenvalue weighted by Crippen LogP contribution is -2.50. The highest BCUT2D eigenvalue weighted by molar-refractivity contribution is 6.12. The van der Waals surface area contributed by atoms with Crippen LogP contribution in [0.4, 0.5) is 0 Å². The number of rotatable bonds is 25. The molecule has 0 saturated carbocycles. The van der Waals surface area contributed by atoms with Gasteiger partial charge in [-0.25, -0.2) is 0 Å². The fourth-order valence-corrected chi connectivity index (χ4v) is 4.45. The third-order valence-corrected chi connectivity index (χ3v) is 6.48. The summed E-state index contributed by atoms with van der Waals surface area (Å²) in [7, 11) is 0. The Kier molecular flexibility index (Phi) is 16.8. The maximum Gasteiger partial charge on any atom is 0.320 e. The fraction of sp³-hybridized carbons (Fsp3) is 0.615. The van der Waals surface area contributed by atoms with Crippen LogP contribution in [0.2, 0.25) is 0 Å². The average molecular weight is 630 g/mol. The van der Waals surface area contributed by atoms with Crippen molar-refractivity contribution in [1.29, 1.82) is 0 Å². The fourth-order valence-electron chi connectivity index (χ4n) is 4.45. The molecule has 3 amide bonds. The largest absolute Gasteiger partial charge is 0.480 e. The lowest BCUT2D eigenvalue weighted by Gasteiger charge is -2.32. The van der Waals surface area contributed by atoms with E-state index in [1.807, 2.05) is 0 Å². The van der Waals surface area contributed by atoms with E-state index >= 15 is 0 Å². The maximum absolute atomic E-state index is 12.2. The Balaban J connectivity index is 2.76. The number of carboxylic acids is 5. The number of hydrogen-bond donors (Lipinski definition) is 6. The molecule has 1 aliphatic heterocycles. The first-order valence-electron chi connectivity index (χ1n) is 13.8. The molecule has 6 N–H and O–H groups in total. The van der Waals surface area contributed by atoms with Crippen molar-refractivity contribution in [3.63, 3.8) is 0 Å². The smallest absolute Gasteiger partial charge is 0.320 e. The number of hydrogen-bond acceptors (Lipinski definition) is 11. The number of amides is 3. The SMILES string of the molecule is O=C(O)CN(CCN(CCN(CC(=O)O)CC(=O)O)[C@@H](CCCCNC(=O)CCCN1C(=O)C=CC1=O)C(=O)O)CC(=O)O. The van der Waals surface area contributed by atoms with Crippen molar-refractivity contribution in [3.05, 3.63) is 12.2 Å². The van der Waals surface area contributed by atoms with Crippen LogP contribution in [0.5, 0.6) is 0 Å². The molecule has 246 valence electrons. The Labute approximate surface area is 252 Å². The monoisotopic (exact) mass is 629 g/mol. The van der Waals surface area contributed by atoms with Gasteiger partial charge in [-0.05, 0) is 25.7 Å². The van der Waals surface area contributed by atoms with Gasteiger partial charge in [0.05, 0.1) is 26.2 Å². The summed E-state index contributed by atoms with van der Waals surface area (Å²) < 4.78 is 0. The van der Waals surface area contributed by atoms with E-state index in [9.17, 15) is 43.5 Å². The van der Waals surface area contributed by atoms with Crippen molar-refractivity contribution in [2.45, 2.75) is 38.1 Å². The van der Waals surface area contributed by atoms with Crippen LogP contribution in [0.1, 0.15) is 32.1 Å². The first-order valence-corrected chi connectivity index (χ1v) is 13.8. The van der Waals surface area contributed by atoms with Crippen molar-refractivity contribution in [2.24, 2.45) is 0 Å². The van der Waals surface area contributed by atoms with Crippen LogP contribution in [-0.2, 0) is 38.4 Å². The van der Waals surface area contributed by atoms with Crippen molar-refractivity contribution < 1.29 is 63.9 Å². The van der Waals surface area contributed by atoms with Crippen LogP contribution in [0.3, 0.4) is 0 Å². The normalized spacial score (nSPS) is 13.6. The number of nitrogens with zero attached hydrogens (tertiary/aromatic N) is 4. The summed E-state index contributed by atoms with van der Waals surface area (Å²) in [6, 6.07) is -1.16. The van der Waals surface area contributed by atoms with Crippen LogP contribution in [0, 0.1) is 0 Å². The highest BCUT2D eigenvalue weighted by Gasteiger charge is 2.27. The molecule has 0 unspecified atom stereocenters. The summed E-state index contributed by atoms with van der Waals surface area (Å²) in [5, 5.41) is 49.1. The highest BCUT2D eigenvalue weighted by Crippen LogP contribution is 2.11. The molecule has 0 fully saturated rings. The molecule has 0 aromatic heterocycles. The predicted molar refractivity (Wildman–Crippen MR) is 148 cm³/mol. The lowest BCUT2D eigenvalue weighted by atomic mass is 10.1. The summed E-state index contributed by atoms with van der Waals surface area (Å²) in [5.41, 5.74) is 0. The Bertz CT molecular complexity index is 1010. The summed E-state index contributed by atoms with van der Waals surface area (Å²) >= 11 is 0. The van der Waals surface area contributed by atoms with E-state index < -0.39 is 73.9 Å². The van der Waals surface area contributed by atoms with Gasteiger partial charge in [-0.2, -0.15) is 0 Å². The highest BCUT2D eigenvalue weighted by atomic mass is 16.4. The van der Waals surface area contributed by atoms with E-state index in [0.29, 0.717) is 12.8 Å². The third-order valence-electron chi connectivity index (χ3n) is 6.48. The quantitative estimate of drug-likeness (QED) is 0.0457. The molecule has 0 radical (unpaired) electrons. The second-order valence-corrected chi connectivity index (χ2v) is 10.00. The van der Waals surface area contributed by atoms with Gasteiger partial charge in [0.1, 0.15) is 6.04 Å². The van der Waals surface area contributed by atoms with Gasteiger partial charge in [-0.15, -0.1) is 0 Å². The molecular weight excluding hydrogens is 590 g/mol. The van der Waals surface area contributed by atoms with Crippen molar-refractivity contribution in [1.82, 2.24) is 24.9 Å². The Morgan fingerprint density at radius 1 is 0.682 bits per heavy atom. The molecule has 1 heterocycles. The van der Waals surface area contributed by atoms with E-state index in [2.05, 4.69) is 5.32 Å². The number of carbonyl (C=O) groups excluding carboxylic acids is 3. The van der Waals surface area contributed by atoms with Crippen molar-refractivity contribution in [2.75, 3.05) is 65.4 Å². The van der Waals surface area contributed by atoms with Gasteiger partial charge in [0.15, 0.2) is 0 Å². The number of unbranched alkanes of at least 4 members (excludes halogenated alkanes) is 1. The van der Waals surface area contributed by atoms with E-state index in [1.165, 1.54) is 4.90 Å². The zero-order chi connectivity index (χ0) is 33.2. The molecule has 18 nitrogen and oxygen atoms in total. The Morgan fingerprint density at radius 3 is 1.55 bits per heavy atom. The zero-order valence-electron chi connectivity index (χ0n) is 24.1. The molecule has 0 aliphatic carbocycles. The van der Waals surface area contributed by atoms with Crippen molar-refractivity contribution >= 4 is 47.6 Å².